The van der Waals surface area contributed by atoms with Gasteiger partial charge in [0.25, 0.3) is 0 Å². The van der Waals surface area contributed by atoms with Gasteiger partial charge in [-0.3, -0.25) is 4.79 Å². The number of aliphatic hydroxyl groups is 4. The molecule has 0 aromatic rings. The first-order valence-corrected chi connectivity index (χ1v) is 26.6. The van der Waals surface area contributed by atoms with Crippen molar-refractivity contribution in [2.24, 2.45) is 0 Å². The summed E-state index contributed by atoms with van der Waals surface area (Å²) < 4.78 is 0. The van der Waals surface area contributed by atoms with E-state index in [1.54, 1.807) is 0 Å². The molecule has 5 N–H and O–H groups in total. The summed E-state index contributed by atoms with van der Waals surface area (Å²) in [6, 6.07) is -0.985. The van der Waals surface area contributed by atoms with E-state index >= 15 is 0 Å². The van der Waals surface area contributed by atoms with Crippen LogP contribution in [0.3, 0.4) is 0 Å². The second kappa shape index (κ2) is 48.1. The number of rotatable bonds is 49. The molecule has 0 spiro atoms. The summed E-state index contributed by atoms with van der Waals surface area (Å²) in [7, 11) is 0. The summed E-state index contributed by atoms with van der Waals surface area (Å²) in [6.07, 6.45) is 55.5. The molecule has 0 aliphatic heterocycles. The molecule has 0 saturated heterocycles. The number of carbonyl (C=O) groups is 1. The number of allylic oxidation sites excluding steroid dienone is 2. The van der Waals surface area contributed by atoms with Crippen LogP contribution in [0, 0.1) is 0 Å². The molecule has 0 aliphatic carbocycles. The van der Waals surface area contributed by atoms with Crippen molar-refractivity contribution in [3.63, 3.8) is 0 Å². The second-order valence-corrected chi connectivity index (χ2v) is 18.6. The lowest BCUT2D eigenvalue weighted by molar-refractivity contribution is -0.132. The lowest BCUT2D eigenvalue weighted by atomic mass is 9.99. The Labute approximate surface area is 368 Å². The van der Waals surface area contributed by atoms with E-state index in [0.29, 0.717) is 12.8 Å². The third kappa shape index (κ3) is 42.1. The van der Waals surface area contributed by atoms with Gasteiger partial charge in [0.1, 0.15) is 12.2 Å². The van der Waals surface area contributed by atoms with Crippen LogP contribution in [-0.4, -0.2) is 57.3 Å². The maximum Gasteiger partial charge on any atom is 0.249 e. The largest absolute Gasteiger partial charge is 0.394 e. The molecule has 1 amide bonds. The van der Waals surface area contributed by atoms with Crippen molar-refractivity contribution in [2.45, 2.75) is 314 Å². The van der Waals surface area contributed by atoms with Gasteiger partial charge in [-0.05, 0) is 38.5 Å². The van der Waals surface area contributed by atoms with Crippen LogP contribution in [0.15, 0.2) is 12.2 Å². The van der Waals surface area contributed by atoms with Gasteiger partial charge in [0.2, 0.25) is 5.91 Å². The molecule has 0 aliphatic rings. The normalized spacial score (nSPS) is 13.9. The summed E-state index contributed by atoms with van der Waals surface area (Å²) in [5, 5.41) is 43.9. The highest BCUT2D eigenvalue weighted by Crippen LogP contribution is 2.18. The Hall–Kier alpha value is -0.950. The molecule has 6 nitrogen and oxygen atoms in total. The van der Waals surface area contributed by atoms with Crippen LogP contribution < -0.4 is 5.32 Å². The number of hydrogen-bond acceptors (Lipinski definition) is 5. The molecule has 0 saturated carbocycles. The van der Waals surface area contributed by atoms with Crippen LogP contribution >= 0.6 is 0 Å². The molecule has 6 heteroatoms. The molecule has 0 fully saturated rings. The Morgan fingerprint density at radius 2 is 0.678 bits per heavy atom. The van der Waals surface area contributed by atoms with Gasteiger partial charge in [-0.25, -0.2) is 0 Å². The van der Waals surface area contributed by atoms with E-state index in [-0.39, 0.29) is 0 Å². The first kappa shape index (κ1) is 58.0. The van der Waals surface area contributed by atoms with Crippen molar-refractivity contribution in [3.8, 4) is 0 Å². The molecule has 0 bridgehead atoms. The van der Waals surface area contributed by atoms with E-state index in [9.17, 15) is 25.2 Å². The number of aliphatic hydroxyl groups excluding tert-OH is 4. The maximum atomic E-state index is 12.6. The monoisotopic (exact) mass is 836 g/mol. The van der Waals surface area contributed by atoms with Crippen LogP contribution in [0.4, 0.5) is 0 Å². The molecule has 0 aromatic heterocycles. The number of unbranched alkanes of at least 4 members (excludes halogenated alkanes) is 38. The van der Waals surface area contributed by atoms with Crippen molar-refractivity contribution < 1.29 is 25.2 Å². The van der Waals surface area contributed by atoms with Gasteiger partial charge < -0.3 is 25.7 Å². The Morgan fingerprint density at radius 1 is 0.407 bits per heavy atom. The van der Waals surface area contributed by atoms with E-state index in [1.165, 1.54) is 218 Å². The molecule has 4 unspecified atom stereocenters. The zero-order valence-electron chi connectivity index (χ0n) is 39.8. The van der Waals surface area contributed by atoms with Crippen LogP contribution in [-0.2, 0) is 4.79 Å². The van der Waals surface area contributed by atoms with Crippen molar-refractivity contribution in [1.82, 2.24) is 5.32 Å². The zero-order valence-corrected chi connectivity index (χ0v) is 39.8. The molecular weight excluding hydrogens is 731 g/mol. The van der Waals surface area contributed by atoms with E-state index in [1.807, 2.05) is 0 Å². The van der Waals surface area contributed by atoms with E-state index in [4.69, 9.17) is 0 Å². The summed E-state index contributed by atoms with van der Waals surface area (Å²) >= 11 is 0. The minimum Gasteiger partial charge on any atom is -0.394 e. The zero-order chi connectivity index (χ0) is 43.1. The standard InChI is InChI=1S/C53H105NO5/c1-3-5-7-9-11-13-15-17-19-21-23-24-25-26-27-29-30-32-34-36-38-40-42-44-46-50(56)52(58)49(48-55)54-53(59)51(57)47-45-43-41-39-37-35-33-31-28-22-20-18-16-14-12-10-8-6-4-2/h28,31,49-52,55-58H,3-27,29-30,32-48H2,1-2H3,(H,54,59)/b31-28-. The van der Waals surface area contributed by atoms with Crippen LogP contribution in [0.2, 0.25) is 0 Å². The summed E-state index contributed by atoms with van der Waals surface area (Å²) in [6.45, 7) is 4.08. The molecular formula is C53H105NO5. The average molecular weight is 836 g/mol. The van der Waals surface area contributed by atoms with Gasteiger partial charge in [0.05, 0.1) is 18.8 Å². The number of carbonyl (C=O) groups excluding carboxylic acids is 1. The van der Waals surface area contributed by atoms with Crippen molar-refractivity contribution >= 4 is 5.91 Å². The van der Waals surface area contributed by atoms with Crippen molar-refractivity contribution in [2.75, 3.05) is 6.61 Å². The smallest absolute Gasteiger partial charge is 0.249 e. The third-order valence-corrected chi connectivity index (χ3v) is 12.7. The topological polar surface area (TPSA) is 110 Å². The highest BCUT2D eigenvalue weighted by molar-refractivity contribution is 5.80. The average Bonchev–Trinajstić information content (AvgIpc) is 3.24. The lowest BCUT2D eigenvalue weighted by Crippen LogP contribution is -2.53. The van der Waals surface area contributed by atoms with Gasteiger partial charge >= 0.3 is 0 Å². The predicted octanol–water partition coefficient (Wildman–Crippen LogP) is 14.9. The Bertz CT molecular complexity index is 852. The summed E-state index contributed by atoms with van der Waals surface area (Å²) in [4.78, 5) is 12.6. The quantitative estimate of drug-likeness (QED) is 0.0310. The summed E-state index contributed by atoms with van der Waals surface area (Å²) in [5.41, 5.74) is 0. The molecule has 0 radical (unpaired) electrons. The molecule has 0 aromatic carbocycles. The van der Waals surface area contributed by atoms with Gasteiger partial charge in [-0.1, -0.05) is 264 Å². The Morgan fingerprint density at radius 3 is 0.983 bits per heavy atom. The van der Waals surface area contributed by atoms with Crippen molar-refractivity contribution in [1.29, 1.82) is 0 Å². The fraction of sp³-hybridized carbons (Fsp3) is 0.943. The first-order chi connectivity index (χ1) is 29.0. The molecule has 0 heterocycles. The highest BCUT2D eigenvalue weighted by atomic mass is 16.3. The molecule has 352 valence electrons. The molecule has 0 rings (SSSR count). The van der Waals surface area contributed by atoms with Gasteiger partial charge in [-0.2, -0.15) is 0 Å². The lowest BCUT2D eigenvalue weighted by Gasteiger charge is -2.27. The third-order valence-electron chi connectivity index (χ3n) is 12.7. The van der Waals surface area contributed by atoms with Crippen LogP contribution in [0.1, 0.15) is 290 Å². The van der Waals surface area contributed by atoms with Gasteiger partial charge in [0, 0.05) is 0 Å². The fourth-order valence-electron chi connectivity index (χ4n) is 8.52. The minimum atomic E-state index is -1.26. The second-order valence-electron chi connectivity index (χ2n) is 18.6. The Kier molecular flexibility index (Phi) is 47.3. The fourth-order valence-corrected chi connectivity index (χ4v) is 8.52. The van der Waals surface area contributed by atoms with Gasteiger partial charge in [-0.15, -0.1) is 0 Å². The van der Waals surface area contributed by atoms with Crippen LogP contribution in [0.25, 0.3) is 0 Å². The van der Waals surface area contributed by atoms with Crippen molar-refractivity contribution in [3.05, 3.63) is 12.2 Å². The first-order valence-electron chi connectivity index (χ1n) is 26.6. The Balaban J connectivity index is 3.63. The number of nitrogens with one attached hydrogen (secondary N) is 1. The van der Waals surface area contributed by atoms with E-state index in [2.05, 4.69) is 31.3 Å². The molecule has 59 heavy (non-hydrogen) atoms. The van der Waals surface area contributed by atoms with Gasteiger partial charge in [0.15, 0.2) is 0 Å². The summed E-state index contributed by atoms with van der Waals surface area (Å²) in [5.74, 6) is -0.584. The predicted molar refractivity (Wildman–Crippen MR) is 256 cm³/mol. The highest BCUT2D eigenvalue weighted by Gasteiger charge is 2.28. The number of amides is 1. The number of hydrogen-bond donors (Lipinski definition) is 5. The van der Waals surface area contributed by atoms with Crippen LogP contribution in [0.5, 0.6) is 0 Å². The van der Waals surface area contributed by atoms with E-state index < -0.39 is 36.9 Å². The minimum absolute atomic E-state index is 0.365. The SMILES string of the molecule is CCCCCCCCCCC/C=C\CCCCCCCCC(O)C(=O)NC(CO)C(O)C(O)CCCCCCCCCCCCCCCCCCCCCCCCCC. The maximum absolute atomic E-state index is 12.6. The van der Waals surface area contributed by atoms with E-state index in [0.717, 1.165) is 44.9 Å². The molecule has 4 atom stereocenters.